The van der Waals surface area contributed by atoms with Gasteiger partial charge in [0.15, 0.2) is 6.10 Å². The van der Waals surface area contributed by atoms with Crippen LogP contribution in [0.4, 0.5) is 0 Å². The Morgan fingerprint density at radius 1 is 0.449 bits per heavy atom. The van der Waals surface area contributed by atoms with Crippen molar-refractivity contribution in [3.05, 3.63) is 85.1 Å². The molecule has 0 saturated heterocycles. The van der Waals surface area contributed by atoms with Gasteiger partial charge in [-0.1, -0.05) is 202 Å². The van der Waals surface area contributed by atoms with E-state index in [4.69, 9.17) is 18.9 Å². The summed E-state index contributed by atoms with van der Waals surface area (Å²) in [7, 11) is 5.96. The summed E-state index contributed by atoms with van der Waals surface area (Å²) in [5.41, 5.74) is 0. The molecule has 9 nitrogen and oxygen atoms in total. The Morgan fingerprint density at radius 3 is 1.23 bits per heavy atom. The number of likely N-dealkylation sites (N-methyl/N-ethyl adjacent to an activating group) is 1. The number of aliphatic carboxylic acids is 1. The maximum absolute atomic E-state index is 12.9. The van der Waals surface area contributed by atoms with Crippen LogP contribution in [0.15, 0.2) is 85.1 Å². The number of hydrogen-bond acceptors (Lipinski definition) is 7. The second-order valence-corrected chi connectivity index (χ2v) is 19.5. The third kappa shape index (κ3) is 52.1. The number of esters is 2. The number of allylic oxidation sites excluding steroid dienone is 14. The van der Waals surface area contributed by atoms with Gasteiger partial charge in [-0.2, -0.15) is 0 Å². The monoisotopic (exact) mass is 967 g/mol. The van der Waals surface area contributed by atoms with Crippen molar-refractivity contribution in [3.8, 4) is 0 Å². The second kappa shape index (κ2) is 50.8. The maximum atomic E-state index is 12.9. The molecule has 0 heterocycles. The number of carboxylic acids is 1. The van der Waals surface area contributed by atoms with Crippen molar-refractivity contribution < 1.29 is 42.9 Å². The molecule has 9 heteroatoms. The minimum absolute atomic E-state index is 0.180. The number of quaternary nitrogens is 1. The molecule has 0 rings (SSSR count). The lowest BCUT2D eigenvalue weighted by molar-refractivity contribution is -0.870. The predicted molar refractivity (Wildman–Crippen MR) is 290 cm³/mol. The lowest BCUT2D eigenvalue weighted by atomic mass is 10.0. The minimum atomic E-state index is -1.52. The average Bonchev–Trinajstić information content (AvgIpc) is 3.31. The summed E-state index contributed by atoms with van der Waals surface area (Å²) in [6.07, 6.45) is 63.6. The van der Waals surface area contributed by atoms with E-state index in [1.165, 1.54) is 89.9 Å². The minimum Gasteiger partial charge on any atom is -0.477 e. The number of ether oxygens (including phenoxy) is 4. The number of carbonyl (C=O) groups is 3. The number of unbranched alkanes of at least 4 members (excludes halogenated alkanes) is 21. The molecule has 0 fully saturated rings. The summed E-state index contributed by atoms with van der Waals surface area (Å²) >= 11 is 0. The van der Waals surface area contributed by atoms with Crippen LogP contribution in [-0.4, -0.2) is 87.4 Å². The van der Waals surface area contributed by atoms with Crippen LogP contribution in [0.1, 0.15) is 219 Å². The largest absolute Gasteiger partial charge is 0.477 e. The van der Waals surface area contributed by atoms with Crippen LogP contribution < -0.4 is 0 Å². The quantitative estimate of drug-likeness (QED) is 0.0211. The summed E-state index contributed by atoms with van der Waals surface area (Å²) in [6, 6.07) is 0. The zero-order chi connectivity index (χ0) is 50.6. The van der Waals surface area contributed by atoms with Crippen molar-refractivity contribution in [2.45, 2.75) is 232 Å². The molecule has 0 saturated carbocycles. The molecular weight excluding hydrogens is 863 g/mol. The Balaban J connectivity index is 4.34. The lowest BCUT2D eigenvalue weighted by Gasteiger charge is -2.25. The molecule has 2 atom stereocenters. The molecular formula is C60H104NO8+. The van der Waals surface area contributed by atoms with Gasteiger partial charge < -0.3 is 28.5 Å². The van der Waals surface area contributed by atoms with Gasteiger partial charge >= 0.3 is 17.9 Å². The van der Waals surface area contributed by atoms with Gasteiger partial charge in [-0.05, 0) is 89.9 Å². The van der Waals surface area contributed by atoms with Crippen LogP contribution in [-0.2, 0) is 33.3 Å². The second-order valence-electron chi connectivity index (χ2n) is 19.5. The Morgan fingerprint density at radius 2 is 0.826 bits per heavy atom. The highest BCUT2D eigenvalue weighted by Crippen LogP contribution is 2.15. The summed E-state index contributed by atoms with van der Waals surface area (Å²) in [4.78, 5) is 37.4. The molecule has 0 bridgehead atoms. The molecule has 0 aliphatic heterocycles. The van der Waals surface area contributed by atoms with Crippen molar-refractivity contribution in [1.82, 2.24) is 0 Å². The molecule has 0 spiro atoms. The first kappa shape index (κ1) is 65.5. The number of rotatable bonds is 50. The average molecular weight is 967 g/mol. The Kier molecular flexibility index (Phi) is 48.2. The van der Waals surface area contributed by atoms with Crippen molar-refractivity contribution in [2.24, 2.45) is 0 Å². The van der Waals surface area contributed by atoms with Gasteiger partial charge in [-0.3, -0.25) is 9.59 Å². The Labute approximate surface area is 423 Å². The zero-order valence-electron chi connectivity index (χ0n) is 44.9. The van der Waals surface area contributed by atoms with Gasteiger partial charge in [-0.25, -0.2) is 4.79 Å². The van der Waals surface area contributed by atoms with Crippen molar-refractivity contribution in [3.63, 3.8) is 0 Å². The summed E-state index contributed by atoms with van der Waals surface area (Å²) < 4.78 is 22.8. The maximum Gasteiger partial charge on any atom is 0.361 e. The molecule has 0 aliphatic rings. The van der Waals surface area contributed by atoms with Crippen molar-refractivity contribution in [1.29, 1.82) is 0 Å². The molecule has 1 N–H and O–H groups in total. The Bertz CT molecular complexity index is 1400. The van der Waals surface area contributed by atoms with E-state index in [1.54, 1.807) is 0 Å². The first-order valence-electron chi connectivity index (χ1n) is 27.8. The molecule has 69 heavy (non-hydrogen) atoms. The van der Waals surface area contributed by atoms with Crippen LogP contribution in [0.5, 0.6) is 0 Å². The van der Waals surface area contributed by atoms with Crippen LogP contribution in [0.2, 0.25) is 0 Å². The SMILES string of the molecule is CC/C=C\C/C=C\C/C=C\C/C=C\CCCCCCCCCCCCC(=O)OC(COC(=O)CCCCCCCC/C=C\C/C=C\C/C=C\CCCCCCC)COC(OCC[N+](C)(C)C)C(=O)O. The van der Waals surface area contributed by atoms with Crippen LogP contribution in [0.25, 0.3) is 0 Å². The predicted octanol–water partition coefficient (Wildman–Crippen LogP) is 16.0. The molecule has 0 aromatic rings. The molecule has 0 amide bonds. The van der Waals surface area contributed by atoms with Crippen molar-refractivity contribution in [2.75, 3.05) is 47.5 Å². The number of hydrogen-bond donors (Lipinski definition) is 1. The highest BCUT2D eigenvalue weighted by molar-refractivity contribution is 5.71. The summed E-state index contributed by atoms with van der Waals surface area (Å²) in [5.74, 6) is -2.03. The van der Waals surface area contributed by atoms with Crippen LogP contribution in [0, 0.1) is 0 Å². The van der Waals surface area contributed by atoms with Crippen LogP contribution >= 0.6 is 0 Å². The Hall–Kier alpha value is -3.53. The lowest BCUT2D eigenvalue weighted by Crippen LogP contribution is -2.40. The van der Waals surface area contributed by atoms with E-state index in [0.29, 0.717) is 17.4 Å². The van der Waals surface area contributed by atoms with Crippen molar-refractivity contribution >= 4 is 17.9 Å². The fourth-order valence-corrected chi connectivity index (χ4v) is 7.36. The number of carbonyl (C=O) groups excluding carboxylic acids is 2. The molecule has 0 aliphatic carbocycles. The topological polar surface area (TPSA) is 108 Å². The molecule has 396 valence electrons. The third-order valence-electron chi connectivity index (χ3n) is 11.6. The fourth-order valence-electron chi connectivity index (χ4n) is 7.36. The van der Waals surface area contributed by atoms with E-state index < -0.39 is 24.3 Å². The van der Waals surface area contributed by atoms with E-state index in [0.717, 1.165) is 96.3 Å². The van der Waals surface area contributed by atoms with Gasteiger partial charge in [0.1, 0.15) is 13.2 Å². The molecule has 0 radical (unpaired) electrons. The van der Waals surface area contributed by atoms with E-state index >= 15 is 0 Å². The van der Waals surface area contributed by atoms with Gasteiger partial charge in [0.2, 0.25) is 0 Å². The van der Waals surface area contributed by atoms with Gasteiger partial charge in [-0.15, -0.1) is 0 Å². The number of carboxylic acid groups (broad SMARTS) is 1. The first-order valence-corrected chi connectivity index (χ1v) is 27.8. The standard InChI is InChI=1S/C60H103NO8/c1-6-8-10-12-14-16-18-20-22-24-26-28-29-31-33-35-37-39-41-43-45-47-49-51-58(63)69-56(55-68-60(59(64)65)66-53-52-61(3,4)5)54-67-57(62)50-48-46-44-42-40-38-36-34-32-30-27-25-23-21-19-17-15-13-11-9-7-2/h8,10,14,16,19-22,25-28,32,34,56,60H,6-7,9,11-13,15,17-18,23-24,29-31,33,35-55H2,1-5H3/p+1/b10-8-,16-14-,21-19-,22-20-,27-25-,28-26-,34-32-. The fraction of sp³-hybridized carbons (Fsp3) is 0.717. The van der Waals surface area contributed by atoms with Gasteiger partial charge in [0.25, 0.3) is 6.29 Å². The number of nitrogens with zero attached hydrogens (tertiary/aromatic N) is 1. The third-order valence-corrected chi connectivity index (χ3v) is 11.6. The molecule has 0 aromatic carbocycles. The highest BCUT2D eigenvalue weighted by atomic mass is 16.7. The first-order chi connectivity index (χ1) is 33.6. The van der Waals surface area contributed by atoms with E-state index in [2.05, 4.69) is 98.9 Å². The molecule has 0 aromatic heterocycles. The van der Waals surface area contributed by atoms with Gasteiger partial charge in [0, 0.05) is 12.8 Å². The summed E-state index contributed by atoms with van der Waals surface area (Å²) in [5, 5.41) is 9.69. The van der Waals surface area contributed by atoms with E-state index in [-0.39, 0.29) is 38.6 Å². The van der Waals surface area contributed by atoms with E-state index in [1.807, 2.05) is 21.1 Å². The normalized spacial score (nSPS) is 13.5. The highest BCUT2D eigenvalue weighted by Gasteiger charge is 2.25. The van der Waals surface area contributed by atoms with Gasteiger partial charge in [0.05, 0.1) is 34.4 Å². The van der Waals surface area contributed by atoms with E-state index in [9.17, 15) is 19.5 Å². The summed E-state index contributed by atoms with van der Waals surface area (Å²) in [6.45, 7) is 4.73. The zero-order valence-corrected chi connectivity index (χ0v) is 44.9. The smallest absolute Gasteiger partial charge is 0.361 e. The van der Waals surface area contributed by atoms with Crippen LogP contribution in [0.3, 0.4) is 0 Å². The molecule has 2 unspecified atom stereocenters.